The lowest BCUT2D eigenvalue weighted by molar-refractivity contribution is 0.0424. The molecule has 2 saturated heterocycles. The van der Waals surface area contributed by atoms with Crippen LogP contribution in [0.3, 0.4) is 0 Å². The minimum Gasteiger partial charge on any atom is -0.307 e. The molecule has 1 aromatic rings. The summed E-state index contributed by atoms with van der Waals surface area (Å²) in [4.78, 5) is 2.41. The summed E-state index contributed by atoms with van der Waals surface area (Å²) in [5.41, 5.74) is 1.06. The molecule has 2 aliphatic heterocycles. The third-order valence-corrected chi connectivity index (χ3v) is 6.84. The number of piperazine rings is 1. The van der Waals surface area contributed by atoms with E-state index in [9.17, 15) is 8.42 Å². The van der Waals surface area contributed by atoms with E-state index in [2.05, 4.69) is 48.3 Å². The number of nitrogens with one attached hydrogen (secondary N) is 1. The van der Waals surface area contributed by atoms with Gasteiger partial charge in [0.1, 0.15) is 0 Å². The minimum absolute atomic E-state index is 0.215. The highest BCUT2D eigenvalue weighted by Gasteiger charge is 2.46. The van der Waals surface area contributed by atoms with Gasteiger partial charge in [0.05, 0.1) is 11.5 Å². The lowest BCUT2D eigenvalue weighted by atomic mass is 9.92. The second kappa shape index (κ2) is 5.38. The van der Waals surface area contributed by atoms with Crippen LogP contribution in [-0.2, 0) is 9.84 Å². The van der Waals surface area contributed by atoms with Crippen LogP contribution in [0.5, 0.6) is 0 Å². The predicted octanol–water partition coefficient (Wildman–Crippen LogP) is 1.60. The van der Waals surface area contributed by atoms with Gasteiger partial charge in [0, 0.05) is 30.7 Å². The maximum atomic E-state index is 11.9. The van der Waals surface area contributed by atoms with Gasteiger partial charge in [-0.15, -0.1) is 0 Å². The summed E-state index contributed by atoms with van der Waals surface area (Å²) in [6, 6.07) is 11.1. The average molecular weight is 308 g/mol. The summed E-state index contributed by atoms with van der Waals surface area (Å²) >= 11 is 0. The lowest BCUT2D eigenvalue weighted by Crippen LogP contribution is -2.60. The van der Waals surface area contributed by atoms with Gasteiger partial charge in [0.15, 0.2) is 9.84 Å². The highest BCUT2D eigenvalue weighted by molar-refractivity contribution is 7.91. The zero-order valence-corrected chi connectivity index (χ0v) is 13.6. The van der Waals surface area contributed by atoms with Crippen molar-refractivity contribution in [2.75, 3.05) is 24.6 Å². The largest absolute Gasteiger partial charge is 0.307 e. The minimum atomic E-state index is -2.87. The standard InChI is InChI=1S/C16H24N2O2S/c1-13-10-17-15(14-6-4-3-5-7-14)11-18(13)16(2)8-9-21(19,20)12-16/h3-7,13,15,17H,8-12H2,1-2H3. The summed E-state index contributed by atoms with van der Waals surface area (Å²) in [5, 5.41) is 3.59. The van der Waals surface area contributed by atoms with Gasteiger partial charge in [0.25, 0.3) is 0 Å². The van der Waals surface area contributed by atoms with Gasteiger partial charge >= 0.3 is 0 Å². The van der Waals surface area contributed by atoms with Gasteiger partial charge in [-0.05, 0) is 25.8 Å². The first-order valence-corrected chi connectivity index (χ1v) is 9.47. The van der Waals surface area contributed by atoms with Gasteiger partial charge in [-0.3, -0.25) is 4.90 Å². The molecule has 4 nitrogen and oxygen atoms in total. The Morgan fingerprint density at radius 2 is 2.00 bits per heavy atom. The van der Waals surface area contributed by atoms with Gasteiger partial charge in [-0.2, -0.15) is 0 Å². The van der Waals surface area contributed by atoms with E-state index in [0.717, 1.165) is 19.5 Å². The third kappa shape index (κ3) is 3.00. The smallest absolute Gasteiger partial charge is 0.152 e. The molecule has 116 valence electrons. The van der Waals surface area contributed by atoms with E-state index in [-0.39, 0.29) is 11.6 Å². The third-order valence-electron chi connectivity index (χ3n) is 4.95. The molecule has 3 rings (SSSR count). The molecule has 2 aliphatic rings. The van der Waals surface area contributed by atoms with E-state index in [1.165, 1.54) is 5.56 Å². The topological polar surface area (TPSA) is 49.4 Å². The lowest BCUT2D eigenvalue weighted by Gasteiger charge is -2.47. The van der Waals surface area contributed by atoms with Crippen molar-refractivity contribution in [3.05, 3.63) is 35.9 Å². The molecular formula is C16H24N2O2S. The van der Waals surface area contributed by atoms with E-state index >= 15 is 0 Å². The van der Waals surface area contributed by atoms with E-state index in [1.807, 2.05) is 6.07 Å². The van der Waals surface area contributed by atoms with Crippen LogP contribution in [-0.4, -0.2) is 49.5 Å². The molecule has 1 N–H and O–H groups in total. The number of nitrogens with zero attached hydrogens (tertiary/aromatic N) is 1. The molecule has 1 aromatic carbocycles. The number of hydrogen-bond donors (Lipinski definition) is 1. The first-order chi connectivity index (χ1) is 9.90. The Labute approximate surface area is 127 Å². The SMILES string of the molecule is CC1CNC(c2ccccc2)CN1C1(C)CCS(=O)(=O)C1. The second-order valence-electron chi connectivity index (χ2n) is 6.71. The summed E-state index contributed by atoms with van der Waals surface area (Å²) in [7, 11) is -2.87. The molecule has 3 unspecified atom stereocenters. The Balaban J connectivity index is 1.81. The van der Waals surface area contributed by atoms with E-state index in [0.29, 0.717) is 17.5 Å². The Kier molecular flexibility index (Phi) is 3.84. The maximum Gasteiger partial charge on any atom is 0.152 e. The summed E-state index contributed by atoms with van der Waals surface area (Å²) < 4.78 is 23.8. The molecule has 21 heavy (non-hydrogen) atoms. The van der Waals surface area contributed by atoms with Gasteiger partial charge in [0.2, 0.25) is 0 Å². The number of benzene rings is 1. The van der Waals surface area contributed by atoms with Crippen molar-refractivity contribution in [3.8, 4) is 0 Å². The number of hydrogen-bond acceptors (Lipinski definition) is 4. The molecule has 2 heterocycles. The normalized spacial score (nSPS) is 36.7. The Morgan fingerprint density at radius 3 is 2.62 bits per heavy atom. The first-order valence-electron chi connectivity index (χ1n) is 7.65. The zero-order valence-electron chi connectivity index (χ0n) is 12.7. The fraction of sp³-hybridized carbons (Fsp3) is 0.625. The Hall–Kier alpha value is -0.910. The van der Waals surface area contributed by atoms with Crippen molar-refractivity contribution in [2.45, 2.75) is 37.9 Å². The number of rotatable bonds is 2. The van der Waals surface area contributed by atoms with Crippen LogP contribution in [0.2, 0.25) is 0 Å². The molecule has 0 saturated carbocycles. The van der Waals surface area contributed by atoms with Crippen molar-refractivity contribution >= 4 is 9.84 Å². The van der Waals surface area contributed by atoms with Crippen molar-refractivity contribution in [1.82, 2.24) is 10.2 Å². The fourth-order valence-electron chi connectivity index (χ4n) is 3.75. The van der Waals surface area contributed by atoms with Gasteiger partial charge in [-0.25, -0.2) is 8.42 Å². The molecule has 5 heteroatoms. The van der Waals surface area contributed by atoms with Crippen molar-refractivity contribution in [2.24, 2.45) is 0 Å². The average Bonchev–Trinajstić information content (AvgIpc) is 2.75. The highest BCUT2D eigenvalue weighted by atomic mass is 32.2. The molecule has 0 radical (unpaired) electrons. The highest BCUT2D eigenvalue weighted by Crippen LogP contribution is 2.34. The monoisotopic (exact) mass is 308 g/mol. The quantitative estimate of drug-likeness (QED) is 0.901. The first kappa shape index (κ1) is 15.0. The van der Waals surface area contributed by atoms with E-state index in [4.69, 9.17) is 0 Å². The Bertz CT molecular complexity index is 602. The molecular weight excluding hydrogens is 284 g/mol. The predicted molar refractivity (Wildman–Crippen MR) is 85.0 cm³/mol. The summed E-state index contributed by atoms with van der Waals surface area (Å²) in [5.74, 6) is 0.627. The van der Waals surface area contributed by atoms with Crippen LogP contribution in [0.25, 0.3) is 0 Å². The molecule has 2 fully saturated rings. The van der Waals surface area contributed by atoms with Crippen molar-refractivity contribution < 1.29 is 8.42 Å². The molecule has 0 spiro atoms. The molecule has 0 amide bonds. The van der Waals surface area contributed by atoms with Crippen molar-refractivity contribution in [1.29, 1.82) is 0 Å². The van der Waals surface area contributed by atoms with Gasteiger partial charge < -0.3 is 5.32 Å². The molecule has 0 bridgehead atoms. The van der Waals surface area contributed by atoms with Crippen molar-refractivity contribution in [3.63, 3.8) is 0 Å². The fourth-order valence-corrected chi connectivity index (χ4v) is 5.90. The summed E-state index contributed by atoms with van der Waals surface area (Å²) in [6.45, 7) is 6.07. The maximum absolute atomic E-state index is 11.9. The molecule has 3 atom stereocenters. The second-order valence-corrected chi connectivity index (χ2v) is 8.90. The number of sulfone groups is 1. The molecule has 0 aliphatic carbocycles. The van der Waals surface area contributed by atoms with E-state index in [1.54, 1.807) is 0 Å². The van der Waals surface area contributed by atoms with Gasteiger partial charge in [-0.1, -0.05) is 30.3 Å². The van der Waals surface area contributed by atoms with Crippen LogP contribution in [0.15, 0.2) is 30.3 Å². The molecule has 0 aromatic heterocycles. The van der Waals surface area contributed by atoms with Crippen LogP contribution in [0, 0.1) is 0 Å². The van der Waals surface area contributed by atoms with Crippen LogP contribution < -0.4 is 5.32 Å². The zero-order chi connectivity index (χ0) is 15.1. The van der Waals surface area contributed by atoms with E-state index < -0.39 is 9.84 Å². The van der Waals surface area contributed by atoms with Crippen LogP contribution >= 0.6 is 0 Å². The summed E-state index contributed by atoms with van der Waals surface area (Å²) in [6.07, 6.45) is 0.751. The van der Waals surface area contributed by atoms with Crippen LogP contribution in [0.1, 0.15) is 31.9 Å². The Morgan fingerprint density at radius 1 is 1.29 bits per heavy atom. The van der Waals surface area contributed by atoms with Crippen LogP contribution in [0.4, 0.5) is 0 Å².